The molecule has 6 nitrogen and oxygen atoms in total. The summed E-state index contributed by atoms with van der Waals surface area (Å²) in [5.41, 5.74) is 8.63. The molecule has 0 saturated heterocycles. The largest absolute Gasteiger partial charge is 0.457 e. The third kappa shape index (κ3) is 4.87. The molecule has 0 fully saturated rings. The molecule has 0 unspecified atom stereocenters. The van der Waals surface area contributed by atoms with E-state index in [1.807, 2.05) is 0 Å². The van der Waals surface area contributed by atoms with Gasteiger partial charge in [0.15, 0.2) is 17.5 Å². The molecule has 1 aromatic heterocycles. The molecule has 0 spiro atoms. The second kappa shape index (κ2) is 9.11. The van der Waals surface area contributed by atoms with Gasteiger partial charge in [-0.2, -0.15) is 0 Å². The van der Waals surface area contributed by atoms with Gasteiger partial charge in [-0.05, 0) is 48.9 Å². The summed E-state index contributed by atoms with van der Waals surface area (Å²) in [6.07, 6.45) is 7.04. The first kappa shape index (κ1) is 21.5. The zero-order valence-corrected chi connectivity index (χ0v) is 17.4. The third-order valence-electron chi connectivity index (χ3n) is 5.08. The topological polar surface area (TPSA) is 72.8 Å². The van der Waals surface area contributed by atoms with Crippen LogP contribution in [0.1, 0.15) is 29.5 Å². The molecule has 0 bridgehead atoms. The van der Waals surface area contributed by atoms with Crippen molar-refractivity contribution >= 4 is 5.96 Å². The van der Waals surface area contributed by atoms with Gasteiger partial charge < -0.3 is 19.9 Å². The molecule has 3 rings (SSSR count). The van der Waals surface area contributed by atoms with E-state index in [0.717, 1.165) is 54.5 Å². The van der Waals surface area contributed by atoms with Gasteiger partial charge in [0.25, 0.3) is 5.56 Å². The van der Waals surface area contributed by atoms with Crippen LogP contribution in [0.25, 0.3) is 0 Å². The Bertz CT molecular complexity index is 1060. The molecule has 0 amide bonds. The number of hydrogen-bond acceptors (Lipinski definition) is 3. The Morgan fingerprint density at radius 3 is 2.63 bits per heavy atom. The standard InChI is InChI=1S/C22H26F2N4O2/c1-27(2)22(25)26-12-16(30-20-9-8-15(23)11-19(20)24)10-14-13-28(3)21(29)18-7-5-4-6-17(14)18/h8-9,11-13H,4-7,10H2,1-3H3,(H2,25,26)/b16-12+. The lowest BCUT2D eigenvalue weighted by molar-refractivity contribution is 0.382. The van der Waals surface area contributed by atoms with E-state index in [9.17, 15) is 13.6 Å². The van der Waals surface area contributed by atoms with Crippen LogP contribution in [-0.2, 0) is 26.3 Å². The van der Waals surface area contributed by atoms with Gasteiger partial charge in [-0.15, -0.1) is 0 Å². The Morgan fingerprint density at radius 1 is 1.27 bits per heavy atom. The van der Waals surface area contributed by atoms with Gasteiger partial charge in [0.2, 0.25) is 0 Å². The normalized spacial score (nSPS) is 14.4. The fourth-order valence-electron chi connectivity index (χ4n) is 3.48. The molecule has 2 N–H and O–H groups in total. The Kier molecular flexibility index (Phi) is 6.54. The molecule has 0 saturated carbocycles. The molecule has 0 radical (unpaired) electrons. The van der Waals surface area contributed by atoms with Gasteiger partial charge in [0.05, 0.1) is 6.20 Å². The Morgan fingerprint density at radius 2 is 1.97 bits per heavy atom. The number of guanidine groups is 1. The van der Waals surface area contributed by atoms with Crippen molar-refractivity contribution in [3.8, 4) is 5.75 Å². The number of aryl methyl sites for hydroxylation is 1. The first-order chi connectivity index (χ1) is 14.3. The molecular weight excluding hydrogens is 390 g/mol. The first-order valence-electron chi connectivity index (χ1n) is 9.79. The van der Waals surface area contributed by atoms with E-state index in [1.165, 1.54) is 12.3 Å². The number of fused-ring (bicyclic) bond motifs is 1. The molecule has 1 aliphatic carbocycles. The summed E-state index contributed by atoms with van der Waals surface area (Å²) in [4.78, 5) is 18.3. The summed E-state index contributed by atoms with van der Waals surface area (Å²) in [6.45, 7) is 0. The predicted molar refractivity (Wildman–Crippen MR) is 112 cm³/mol. The number of nitrogens with zero attached hydrogens (tertiary/aromatic N) is 3. The number of nitrogens with two attached hydrogens (primary N) is 1. The lowest BCUT2D eigenvalue weighted by Crippen LogP contribution is -2.29. The average Bonchev–Trinajstić information content (AvgIpc) is 2.71. The van der Waals surface area contributed by atoms with Crippen molar-refractivity contribution in [3.63, 3.8) is 0 Å². The first-order valence-corrected chi connectivity index (χ1v) is 9.79. The quantitative estimate of drug-likeness (QED) is 0.462. The summed E-state index contributed by atoms with van der Waals surface area (Å²) in [7, 11) is 5.21. The van der Waals surface area contributed by atoms with Crippen molar-refractivity contribution in [2.24, 2.45) is 17.8 Å². The number of aromatic nitrogens is 1. The van der Waals surface area contributed by atoms with Gasteiger partial charge in [-0.25, -0.2) is 13.8 Å². The highest BCUT2D eigenvalue weighted by Gasteiger charge is 2.19. The Labute approximate surface area is 174 Å². The van der Waals surface area contributed by atoms with Crippen LogP contribution in [0.5, 0.6) is 5.75 Å². The van der Waals surface area contributed by atoms with Crippen molar-refractivity contribution < 1.29 is 13.5 Å². The Balaban J connectivity index is 2.01. The molecule has 0 atom stereocenters. The number of pyridine rings is 1. The van der Waals surface area contributed by atoms with E-state index >= 15 is 0 Å². The van der Waals surface area contributed by atoms with Crippen LogP contribution in [-0.4, -0.2) is 29.5 Å². The van der Waals surface area contributed by atoms with Crippen LogP contribution in [0.3, 0.4) is 0 Å². The number of hydrogen-bond donors (Lipinski definition) is 1. The van der Waals surface area contributed by atoms with Crippen molar-refractivity contribution in [1.29, 1.82) is 0 Å². The number of rotatable bonds is 5. The van der Waals surface area contributed by atoms with E-state index in [2.05, 4.69) is 4.99 Å². The Hall–Kier alpha value is -3.16. The second-order valence-corrected chi connectivity index (χ2v) is 7.57. The fourth-order valence-corrected chi connectivity index (χ4v) is 3.48. The van der Waals surface area contributed by atoms with Crippen LogP contribution in [0.2, 0.25) is 0 Å². The second-order valence-electron chi connectivity index (χ2n) is 7.57. The van der Waals surface area contributed by atoms with Crippen molar-refractivity contribution in [3.05, 3.63) is 75.0 Å². The zero-order chi connectivity index (χ0) is 21.8. The minimum absolute atomic E-state index is 0.0133. The van der Waals surface area contributed by atoms with Gasteiger partial charge >= 0.3 is 0 Å². The molecule has 8 heteroatoms. The molecule has 1 aromatic carbocycles. The van der Waals surface area contributed by atoms with E-state index < -0.39 is 11.6 Å². The van der Waals surface area contributed by atoms with E-state index in [-0.39, 0.29) is 23.7 Å². The summed E-state index contributed by atoms with van der Waals surface area (Å²) < 4.78 is 34.7. The van der Waals surface area contributed by atoms with Gasteiger partial charge in [0, 0.05) is 45.4 Å². The summed E-state index contributed by atoms with van der Waals surface area (Å²) in [5.74, 6) is -1.03. The van der Waals surface area contributed by atoms with Crippen LogP contribution in [0, 0.1) is 11.6 Å². The fraction of sp³-hybridized carbons (Fsp3) is 0.364. The number of allylic oxidation sites excluding steroid dienone is 1. The van der Waals surface area contributed by atoms with Gasteiger partial charge in [-0.3, -0.25) is 4.79 Å². The molecule has 1 heterocycles. The maximum Gasteiger partial charge on any atom is 0.253 e. The van der Waals surface area contributed by atoms with Crippen molar-refractivity contribution in [2.45, 2.75) is 32.1 Å². The summed E-state index contributed by atoms with van der Waals surface area (Å²) in [5, 5.41) is 0. The number of aliphatic imine (C=N–C) groups is 1. The van der Waals surface area contributed by atoms with Crippen molar-refractivity contribution in [1.82, 2.24) is 9.47 Å². The molecule has 30 heavy (non-hydrogen) atoms. The lowest BCUT2D eigenvalue weighted by Gasteiger charge is -2.21. The maximum atomic E-state index is 14.2. The number of benzene rings is 1. The monoisotopic (exact) mass is 416 g/mol. The van der Waals surface area contributed by atoms with E-state index in [0.29, 0.717) is 5.76 Å². The van der Waals surface area contributed by atoms with Crippen LogP contribution in [0.15, 0.2) is 46.1 Å². The average molecular weight is 416 g/mol. The molecule has 1 aliphatic rings. The highest BCUT2D eigenvalue weighted by atomic mass is 19.1. The summed E-state index contributed by atoms with van der Waals surface area (Å²) in [6, 6.07) is 3.12. The minimum atomic E-state index is -0.812. The molecule has 0 aliphatic heterocycles. The maximum absolute atomic E-state index is 14.2. The van der Waals surface area contributed by atoms with E-state index in [1.54, 1.807) is 36.8 Å². The number of halogens is 2. The predicted octanol–water partition coefficient (Wildman–Crippen LogP) is 2.88. The van der Waals surface area contributed by atoms with Crippen LogP contribution < -0.4 is 16.0 Å². The van der Waals surface area contributed by atoms with Gasteiger partial charge in [-0.1, -0.05) is 0 Å². The van der Waals surface area contributed by atoms with E-state index in [4.69, 9.17) is 10.5 Å². The van der Waals surface area contributed by atoms with Crippen LogP contribution >= 0.6 is 0 Å². The highest BCUT2D eigenvalue weighted by molar-refractivity contribution is 5.78. The van der Waals surface area contributed by atoms with Crippen molar-refractivity contribution in [2.75, 3.05) is 14.1 Å². The molecule has 2 aromatic rings. The van der Waals surface area contributed by atoms with Crippen LogP contribution in [0.4, 0.5) is 8.78 Å². The summed E-state index contributed by atoms with van der Waals surface area (Å²) >= 11 is 0. The molecular formula is C22H26F2N4O2. The van der Waals surface area contributed by atoms with Gasteiger partial charge in [0.1, 0.15) is 11.6 Å². The lowest BCUT2D eigenvalue weighted by atomic mass is 9.88. The smallest absolute Gasteiger partial charge is 0.253 e. The highest BCUT2D eigenvalue weighted by Crippen LogP contribution is 2.26. The molecule has 160 valence electrons. The number of ether oxygens (including phenoxy) is 1. The third-order valence-corrected chi connectivity index (χ3v) is 5.08. The SMILES string of the molecule is CN(C)/C(N)=N\C=C(/Cc1cn(C)c(=O)c2c1CCCC2)Oc1ccc(F)cc1F. The zero-order valence-electron chi connectivity index (χ0n) is 17.4. The minimum Gasteiger partial charge on any atom is -0.457 e.